The Bertz CT molecular complexity index is 1110. The molecule has 6 nitrogen and oxygen atoms in total. The number of likely N-dealkylation sites (tertiary alicyclic amines) is 1. The average Bonchev–Trinajstić information content (AvgIpc) is 2.73. The number of nitrogens with one attached hydrogen (secondary N) is 1. The Morgan fingerprint density at radius 2 is 1.90 bits per heavy atom. The number of rotatable bonds is 4. The minimum Gasteiger partial charge on any atom is -0.354 e. The highest BCUT2D eigenvalue weighted by molar-refractivity contribution is 6.07. The molecule has 154 valence electrons. The number of benzene rings is 1. The Morgan fingerprint density at radius 1 is 1.13 bits per heavy atom. The zero-order valence-electron chi connectivity index (χ0n) is 17.6. The SMILES string of the molecule is CC(=O)c1ccc(Nc2c(C(=O)N3CCC[C@H](C)C3)cnc3nc(C)ccc23)cc1. The van der Waals surface area contributed by atoms with Crippen molar-refractivity contribution in [1.82, 2.24) is 14.9 Å². The molecule has 1 aliphatic rings. The molecule has 30 heavy (non-hydrogen) atoms. The van der Waals surface area contributed by atoms with Crippen LogP contribution in [0, 0.1) is 12.8 Å². The Kier molecular flexibility index (Phi) is 5.48. The quantitative estimate of drug-likeness (QED) is 0.637. The minimum absolute atomic E-state index is 0.0145. The molecule has 1 fully saturated rings. The molecule has 2 aromatic heterocycles. The Hall–Kier alpha value is -3.28. The van der Waals surface area contributed by atoms with Crippen molar-refractivity contribution >= 4 is 34.1 Å². The molecule has 0 aliphatic carbocycles. The van der Waals surface area contributed by atoms with Gasteiger partial charge in [-0.3, -0.25) is 9.59 Å². The number of hydrogen-bond donors (Lipinski definition) is 1. The first-order chi connectivity index (χ1) is 14.4. The van der Waals surface area contributed by atoms with E-state index >= 15 is 0 Å². The van der Waals surface area contributed by atoms with Crippen LogP contribution >= 0.6 is 0 Å². The number of amides is 1. The zero-order valence-corrected chi connectivity index (χ0v) is 17.6. The summed E-state index contributed by atoms with van der Waals surface area (Å²) in [6, 6.07) is 11.1. The summed E-state index contributed by atoms with van der Waals surface area (Å²) in [4.78, 5) is 35.9. The van der Waals surface area contributed by atoms with Gasteiger partial charge in [0, 0.05) is 41.6 Å². The Labute approximate surface area is 176 Å². The summed E-state index contributed by atoms with van der Waals surface area (Å²) in [6.07, 6.45) is 3.79. The zero-order chi connectivity index (χ0) is 21.3. The van der Waals surface area contributed by atoms with Gasteiger partial charge in [0.05, 0.1) is 11.3 Å². The molecule has 1 N–H and O–H groups in total. The lowest BCUT2D eigenvalue weighted by Crippen LogP contribution is -2.39. The monoisotopic (exact) mass is 402 g/mol. The second-order valence-electron chi connectivity index (χ2n) is 8.13. The van der Waals surface area contributed by atoms with E-state index in [1.807, 2.05) is 36.1 Å². The van der Waals surface area contributed by atoms with E-state index in [0.29, 0.717) is 28.4 Å². The molecule has 3 heterocycles. The first-order valence-electron chi connectivity index (χ1n) is 10.4. The fourth-order valence-corrected chi connectivity index (χ4v) is 3.95. The number of carbonyl (C=O) groups excluding carboxylic acids is 2. The summed E-state index contributed by atoms with van der Waals surface area (Å²) in [5.74, 6) is 0.501. The maximum absolute atomic E-state index is 13.4. The van der Waals surface area contributed by atoms with Crippen molar-refractivity contribution in [2.24, 2.45) is 5.92 Å². The molecule has 3 aromatic rings. The largest absolute Gasteiger partial charge is 0.354 e. The van der Waals surface area contributed by atoms with Crippen LogP contribution in [-0.4, -0.2) is 39.6 Å². The summed E-state index contributed by atoms with van der Waals surface area (Å²) in [6.45, 7) is 7.17. The van der Waals surface area contributed by atoms with Gasteiger partial charge in [0.2, 0.25) is 0 Å². The highest BCUT2D eigenvalue weighted by atomic mass is 16.2. The van der Waals surface area contributed by atoms with E-state index in [9.17, 15) is 9.59 Å². The van der Waals surface area contributed by atoms with Crippen LogP contribution in [-0.2, 0) is 0 Å². The van der Waals surface area contributed by atoms with Gasteiger partial charge >= 0.3 is 0 Å². The number of carbonyl (C=O) groups is 2. The number of piperidine rings is 1. The Morgan fingerprint density at radius 3 is 2.60 bits per heavy atom. The smallest absolute Gasteiger partial charge is 0.257 e. The molecule has 6 heteroatoms. The number of pyridine rings is 2. The molecule has 1 atom stereocenters. The summed E-state index contributed by atoms with van der Waals surface area (Å²) < 4.78 is 0. The van der Waals surface area contributed by atoms with Crippen LogP contribution in [0.5, 0.6) is 0 Å². The number of aryl methyl sites for hydroxylation is 1. The molecular formula is C24H26N4O2. The normalized spacial score (nSPS) is 16.5. The molecule has 0 radical (unpaired) electrons. The van der Waals surface area contributed by atoms with Crippen molar-refractivity contribution in [2.75, 3.05) is 18.4 Å². The standard InChI is InChI=1S/C24H26N4O2/c1-15-5-4-12-28(14-15)24(30)21-13-25-23-20(11-6-16(2)26-23)22(21)27-19-9-7-18(8-10-19)17(3)29/h6-11,13,15H,4-5,12,14H2,1-3H3,(H,25,26,27)/t15-/m0/s1. The topological polar surface area (TPSA) is 75.2 Å². The number of nitrogens with zero attached hydrogens (tertiary/aromatic N) is 3. The number of hydrogen-bond acceptors (Lipinski definition) is 5. The van der Waals surface area contributed by atoms with Gasteiger partial charge in [-0.05, 0) is 69.0 Å². The highest BCUT2D eigenvalue weighted by Crippen LogP contribution is 2.30. The van der Waals surface area contributed by atoms with Crippen LogP contribution in [0.2, 0.25) is 0 Å². The van der Waals surface area contributed by atoms with Gasteiger partial charge in [0.15, 0.2) is 11.4 Å². The van der Waals surface area contributed by atoms with Gasteiger partial charge in [-0.1, -0.05) is 6.92 Å². The number of fused-ring (bicyclic) bond motifs is 1. The summed E-state index contributed by atoms with van der Waals surface area (Å²) in [7, 11) is 0. The summed E-state index contributed by atoms with van der Waals surface area (Å²) >= 11 is 0. The number of aromatic nitrogens is 2. The Balaban J connectivity index is 1.77. The molecule has 0 saturated carbocycles. The molecule has 0 spiro atoms. The van der Waals surface area contributed by atoms with Crippen LogP contribution in [0.1, 0.15) is 53.1 Å². The molecule has 1 aromatic carbocycles. The van der Waals surface area contributed by atoms with Crippen LogP contribution < -0.4 is 5.32 Å². The summed E-state index contributed by atoms with van der Waals surface area (Å²) in [5, 5.41) is 4.19. The van der Waals surface area contributed by atoms with Gasteiger partial charge in [-0.15, -0.1) is 0 Å². The fourth-order valence-electron chi connectivity index (χ4n) is 3.95. The van der Waals surface area contributed by atoms with Gasteiger partial charge in [-0.25, -0.2) is 9.97 Å². The molecule has 4 rings (SSSR count). The lowest BCUT2D eigenvalue weighted by atomic mass is 9.99. The van der Waals surface area contributed by atoms with Crippen LogP contribution in [0.4, 0.5) is 11.4 Å². The molecule has 1 amide bonds. The van der Waals surface area contributed by atoms with E-state index in [1.54, 1.807) is 25.3 Å². The van der Waals surface area contributed by atoms with Crippen molar-refractivity contribution in [3.63, 3.8) is 0 Å². The molecule has 0 bridgehead atoms. The first kappa shape index (κ1) is 20.0. The maximum Gasteiger partial charge on any atom is 0.257 e. The average molecular weight is 402 g/mol. The summed E-state index contributed by atoms with van der Waals surface area (Å²) in [5.41, 5.74) is 4.16. The maximum atomic E-state index is 13.4. The van der Waals surface area contributed by atoms with Gasteiger partial charge in [0.1, 0.15) is 0 Å². The van der Waals surface area contributed by atoms with Crippen LogP contribution in [0.25, 0.3) is 11.0 Å². The number of anilines is 2. The van der Waals surface area contributed by atoms with Crippen molar-refractivity contribution in [3.05, 3.63) is 59.4 Å². The van der Waals surface area contributed by atoms with Crippen molar-refractivity contribution in [2.45, 2.75) is 33.6 Å². The first-order valence-corrected chi connectivity index (χ1v) is 10.4. The van der Waals surface area contributed by atoms with Gasteiger partial charge < -0.3 is 10.2 Å². The molecule has 0 unspecified atom stereocenters. The predicted molar refractivity (Wildman–Crippen MR) is 118 cm³/mol. The van der Waals surface area contributed by atoms with Crippen molar-refractivity contribution in [3.8, 4) is 0 Å². The third-order valence-corrected chi connectivity index (χ3v) is 5.60. The lowest BCUT2D eigenvalue weighted by molar-refractivity contribution is 0.0683. The van der Waals surface area contributed by atoms with E-state index in [2.05, 4.69) is 22.2 Å². The number of Topliss-reactive ketones (excluding diaryl/α,β-unsaturated/α-hetero) is 1. The van der Waals surface area contributed by atoms with Gasteiger partial charge in [0.25, 0.3) is 5.91 Å². The highest BCUT2D eigenvalue weighted by Gasteiger charge is 2.25. The van der Waals surface area contributed by atoms with Gasteiger partial charge in [-0.2, -0.15) is 0 Å². The third-order valence-electron chi connectivity index (χ3n) is 5.60. The fraction of sp³-hybridized carbons (Fsp3) is 0.333. The van der Waals surface area contributed by atoms with E-state index < -0.39 is 0 Å². The van der Waals surface area contributed by atoms with Crippen LogP contribution in [0.15, 0.2) is 42.6 Å². The van der Waals surface area contributed by atoms with Crippen molar-refractivity contribution in [1.29, 1.82) is 0 Å². The van der Waals surface area contributed by atoms with Crippen molar-refractivity contribution < 1.29 is 9.59 Å². The lowest BCUT2D eigenvalue weighted by Gasteiger charge is -2.31. The molecule has 1 aliphatic heterocycles. The third kappa shape index (κ3) is 4.03. The second-order valence-corrected chi connectivity index (χ2v) is 8.13. The van der Waals surface area contributed by atoms with E-state index in [0.717, 1.165) is 42.7 Å². The predicted octanol–water partition coefficient (Wildman–Crippen LogP) is 4.76. The van der Waals surface area contributed by atoms with E-state index in [1.165, 1.54) is 0 Å². The van der Waals surface area contributed by atoms with E-state index in [4.69, 9.17) is 0 Å². The van der Waals surface area contributed by atoms with Crippen LogP contribution in [0.3, 0.4) is 0 Å². The minimum atomic E-state index is -0.0145. The number of ketones is 1. The second kappa shape index (κ2) is 8.22. The molecule has 1 saturated heterocycles. The van der Waals surface area contributed by atoms with E-state index in [-0.39, 0.29) is 11.7 Å². The molecular weight excluding hydrogens is 376 g/mol.